The summed E-state index contributed by atoms with van der Waals surface area (Å²) in [6.07, 6.45) is 8.81. The molecule has 0 saturated carbocycles. The van der Waals surface area contributed by atoms with Gasteiger partial charge in [-0.2, -0.15) is 10.2 Å². The highest BCUT2D eigenvalue weighted by Gasteiger charge is 2.09. The highest BCUT2D eigenvalue weighted by Crippen LogP contribution is 2.12. The lowest BCUT2D eigenvalue weighted by Gasteiger charge is -1.99. The molecule has 0 aliphatic carbocycles. The van der Waals surface area contributed by atoms with E-state index >= 15 is 0 Å². The van der Waals surface area contributed by atoms with E-state index in [1.54, 1.807) is 0 Å². The van der Waals surface area contributed by atoms with Gasteiger partial charge in [-0.05, 0) is 43.0 Å². The fourth-order valence-electron chi connectivity index (χ4n) is 2.04. The van der Waals surface area contributed by atoms with Crippen LogP contribution in [0.3, 0.4) is 0 Å². The van der Waals surface area contributed by atoms with Crippen LogP contribution in [0.5, 0.6) is 0 Å². The van der Waals surface area contributed by atoms with E-state index in [-0.39, 0.29) is 5.56 Å². The number of hydrogen-bond acceptors (Lipinski definition) is 2. The molecule has 2 aromatic carbocycles. The summed E-state index contributed by atoms with van der Waals surface area (Å²) in [6.45, 7) is 1.99. The quantitative estimate of drug-likeness (QED) is 0.306. The first kappa shape index (κ1) is 17.7. The van der Waals surface area contributed by atoms with Crippen molar-refractivity contribution in [1.29, 1.82) is 0 Å². The summed E-state index contributed by atoms with van der Waals surface area (Å²) in [7, 11) is 0. The van der Waals surface area contributed by atoms with Crippen LogP contribution in [0.1, 0.15) is 30.0 Å². The highest BCUT2D eigenvalue weighted by molar-refractivity contribution is 5.82. The highest BCUT2D eigenvalue weighted by atomic mass is 19.2. The molecule has 0 aromatic heterocycles. The van der Waals surface area contributed by atoms with Crippen molar-refractivity contribution < 1.29 is 13.2 Å². The summed E-state index contributed by atoms with van der Waals surface area (Å²) in [4.78, 5) is 0. The molecule has 0 bridgehead atoms. The van der Waals surface area contributed by atoms with Crippen LogP contribution in [0.25, 0.3) is 0 Å². The number of benzene rings is 2. The Labute approximate surface area is 139 Å². The number of rotatable bonds is 6. The third-order valence-electron chi connectivity index (χ3n) is 3.30. The van der Waals surface area contributed by atoms with Gasteiger partial charge in [0.2, 0.25) is 0 Å². The number of aryl methyl sites for hydroxylation is 1. The van der Waals surface area contributed by atoms with E-state index in [9.17, 15) is 13.2 Å². The molecule has 0 radical (unpaired) electrons. The van der Waals surface area contributed by atoms with E-state index in [1.807, 2.05) is 37.3 Å². The molecule has 0 fully saturated rings. The second-order valence-corrected chi connectivity index (χ2v) is 5.14. The van der Waals surface area contributed by atoms with Gasteiger partial charge in [0.15, 0.2) is 17.5 Å². The van der Waals surface area contributed by atoms with Crippen LogP contribution < -0.4 is 0 Å². The Balaban J connectivity index is 1.96. The molecule has 5 heteroatoms. The van der Waals surface area contributed by atoms with Crippen LogP contribution in [0.15, 0.2) is 58.8 Å². The second kappa shape index (κ2) is 8.82. The minimum Gasteiger partial charge on any atom is -0.204 e. The smallest absolute Gasteiger partial charge is 0.194 e. The van der Waals surface area contributed by atoms with Crippen LogP contribution in [0, 0.1) is 17.5 Å². The first-order valence-electron chi connectivity index (χ1n) is 7.51. The van der Waals surface area contributed by atoms with Crippen molar-refractivity contribution in [2.24, 2.45) is 10.2 Å². The molecule has 0 amide bonds. The lowest BCUT2D eigenvalue weighted by atomic mass is 10.1. The molecule has 0 heterocycles. The van der Waals surface area contributed by atoms with Crippen molar-refractivity contribution in [1.82, 2.24) is 0 Å². The van der Waals surface area contributed by atoms with Gasteiger partial charge >= 0.3 is 0 Å². The predicted octanol–water partition coefficient (Wildman–Crippen LogP) is 5.07. The van der Waals surface area contributed by atoms with Crippen molar-refractivity contribution in [3.8, 4) is 0 Å². The van der Waals surface area contributed by atoms with Crippen molar-refractivity contribution in [2.45, 2.75) is 19.8 Å². The Morgan fingerprint density at radius 3 is 2.04 bits per heavy atom. The van der Waals surface area contributed by atoms with Gasteiger partial charge in [-0.1, -0.05) is 36.4 Å². The Morgan fingerprint density at radius 2 is 1.46 bits per heavy atom. The van der Waals surface area contributed by atoms with Gasteiger partial charge in [0, 0.05) is 5.56 Å². The van der Waals surface area contributed by atoms with Crippen LogP contribution in [-0.4, -0.2) is 12.4 Å². The van der Waals surface area contributed by atoms with Crippen molar-refractivity contribution in [3.63, 3.8) is 0 Å². The van der Waals surface area contributed by atoms with E-state index in [1.165, 1.54) is 11.8 Å². The normalized spacial score (nSPS) is 12.0. The maximum atomic E-state index is 13.0. The average molecular weight is 330 g/mol. The predicted molar refractivity (Wildman–Crippen MR) is 91.1 cm³/mol. The van der Waals surface area contributed by atoms with Crippen LogP contribution in [0.2, 0.25) is 0 Å². The molecule has 0 unspecified atom stereocenters. The standard InChI is InChI=1S/C19H17F3N2/c1-2-3-4-5-14-6-8-15(9-7-14)12-23-24-13-16-10-17(20)19(22)18(21)11-16/h2-3,6-13H,4-5H2,1H3/b3-2+,23-12+,24-13+. The summed E-state index contributed by atoms with van der Waals surface area (Å²) in [6, 6.07) is 9.58. The van der Waals surface area contributed by atoms with Gasteiger partial charge < -0.3 is 0 Å². The molecule has 2 nitrogen and oxygen atoms in total. The summed E-state index contributed by atoms with van der Waals surface area (Å²) in [5.74, 6) is -4.01. The van der Waals surface area contributed by atoms with Gasteiger partial charge in [0.1, 0.15) is 0 Å². The molecule has 24 heavy (non-hydrogen) atoms. The lowest BCUT2D eigenvalue weighted by molar-refractivity contribution is 0.447. The SMILES string of the molecule is C/C=C/CCc1ccc(/C=N/N=C/c2cc(F)c(F)c(F)c2)cc1. The average Bonchev–Trinajstić information content (AvgIpc) is 2.58. The van der Waals surface area contributed by atoms with E-state index in [2.05, 4.69) is 16.3 Å². The Bertz CT molecular complexity index is 740. The summed E-state index contributed by atoms with van der Waals surface area (Å²) in [5, 5.41) is 7.53. The minimum atomic E-state index is -1.50. The summed E-state index contributed by atoms with van der Waals surface area (Å²) >= 11 is 0. The maximum absolute atomic E-state index is 13.0. The van der Waals surface area contributed by atoms with Gasteiger partial charge in [-0.25, -0.2) is 13.2 Å². The van der Waals surface area contributed by atoms with E-state index in [0.29, 0.717) is 0 Å². The van der Waals surface area contributed by atoms with Crippen LogP contribution in [-0.2, 0) is 6.42 Å². The van der Waals surface area contributed by atoms with Crippen LogP contribution >= 0.6 is 0 Å². The Morgan fingerprint density at radius 1 is 0.875 bits per heavy atom. The van der Waals surface area contributed by atoms with Crippen molar-refractivity contribution in [3.05, 3.63) is 82.7 Å². The van der Waals surface area contributed by atoms with Crippen molar-refractivity contribution >= 4 is 12.4 Å². The van der Waals surface area contributed by atoms with Crippen molar-refractivity contribution in [2.75, 3.05) is 0 Å². The fraction of sp³-hybridized carbons (Fsp3) is 0.158. The molecule has 0 spiro atoms. The van der Waals surface area contributed by atoms with Gasteiger partial charge in [-0.3, -0.25) is 0 Å². The van der Waals surface area contributed by atoms with Crippen LogP contribution in [0.4, 0.5) is 13.2 Å². The first-order chi connectivity index (χ1) is 11.6. The molecule has 2 rings (SSSR count). The zero-order valence-corrected chi connectivity index (χ0v) is 13.2. The molecule has 0 N–H and O–H groups in total. The zero-order chi connectivity index (χ0) is 17.4. The number of hydrogen-bond donors (Lipinski definition) is 0. The number of halogens is 3. The van der Waals surface area contributed by atoms with E-state index < -0.39 is 17.5 Å². The van der Waals surface area contributed by atoms with E-state index in [0.717, 1.165) is 36.8 Å². The van der Waals surface area contributed by atoms with Gasteiger partial charge in [-0.15, -0.1) is 0 Å². The summed E-state index contributed by atoms with van der Waals surface area (Å²) in [5.41, 5.74) is 2.19. The Kier molecular flexibility index (Phi) is 6.49. The molecule has 2 aromatic rings. The monoisotopic (exact) mass is 330 g/mol. The fourth-order valence-corrected chi connectivity index (χ4v) is 2.04. The maximum Gasteiger partial charge on any atom is 0.194 e. The van der Waals surface area contributed by atoms with E-state index in [4.69, 9.17) is 0 Å². The molecule has 0 atom stereocenters. The number of allylic oxidation sites excluding steroid dienone is 2. The molecular formula is C19H17F3N2. The lowest BCUT2D eigenvalue weighted by Crippen LogP contribution is -1.93. The topological polar surface area (TPSA) is 24.7 Å². The largest absolute Gasteiger partial charge is 0.204 e. The first-order valence-corrected chi connectivity index (χ1v) is 7.51. The molecule has 0 aliphatic rings. The molecular weight excluding hydrogens is 313 g/mol. The molecule has 0 saturated heterocycles. The summed E-state index contributed by atoms with van der Waals surface area (Å²) < 4.78 is 38.9. The minimum absolute atomic E-state index is 0.0999. The second-order valence-electron chi connectivity index (χ2n) is 5.14. The number of nitrogens with zero attached hydrogens (tertiary/aromatic N) is 2. The van der Waals surface area contributed by atoms with Gasteiger partial charge in [0.25, 0.3) is 0 Å². The Hall–Kier alpha value is -2.69. The molecule has 124 valence electrons. The van der Waals surface area contributed by atoms with Gasteiger partial charge in [0.05, 0.1) is 12.4 Å². The third kappa shape index (κ3) is 5.19. The molecule has 0 aliphatic heterocycles. The third-order valence-corrected chi connectivity index (χ3v) is 3.30. The zero-order valence-electron chi connectivity index (χ0n) is 13.2.